The Morgan fingerprint density at radius 2 is 1.91 bits per heavy atom. The lowest BCUT2D eigenvalue weighted by atomic mass is 10.4. The molecule has 11 heavy (non-hydrogen) atoms. The molecule has 0 unspecified atom stereocenters. The molecule has 4 heteroatoms. The highest BCUT2D eigenvalue weighted by molar-refractivity contribution is 7.99. The van der Waals surface area contributed by atoms with Crippen LogP contribution in [0.4, 0.5) is 0 Å². The summed E-state index contributed by atoms with van der Waals surface area (Å²) in [6.45, 7) is 3.73. The first-order valence-electron chi connectivity index (χ1n) is 3.79. The van der Waals surface area contributed by atoms with Gasteiger partial charge in [0.1, 0.15) is 0 Å². The number of halogens is 2. The number of alkyl halides is 1. The second-order valence-electron chi connectivity index (χ2n) is 2.50. The van der Waals surface area contributed by atoms with Crippen LogP contribution in [0, 0.1) is 0 Å². The monoisotopic (exact) mass is 215 g/mol. The van der Waals surface area contributed by atoms with Crippen molar-refractivity contribution in [2.24, 2.45) is 0 Å². The minimum absolute atomic E-state index is 0. The van der Waals surface area contributed by atoms with Crippen LogP contribution in [0.15, 0.2) is 0 Å². The van der Waals surface area contributed by atoms with Crippen molar-refractivity contribution in [2.45, 2.75) is 6.42 Å². The van der Waals surface area contributed by atoms with E-state index in [0.717, 1.165) is 12.3 Å². The van der Waals surface area contributed by atoms with Gasteiger partial charge in [0.25, 0.3) is 0 Å². The van der Waals surface area contributed by atoms with Crippen LogP contribution in [-0.2, 0) is 0 Å². The molecule has 68 valence electrons. The summed E-state index contributed by atoms with van der Waals surface area (Å²) in [5.41, 5.74) is 0. The van der Waals surface area contributed by atoms with Crippen molar-refractivity contribution in [1.29, 1.82) is 0 Å². The highest BCUT2D eigenvalue weighted by atomic mass is 35.5. The molecule has 1 nitrogen and oxygen atoms in total. The quantitative estimate of drug-likeness (QED) is 0.664. The van der Waals surface area contributed by atoms with E-state index >= 15 is 0 Å². The van der Waals surface area contributed by atoms with Gasteiger partial charge in [0.15, 0.2) is 0 Å². The molecule has 0 radical (unpaired) electrons. The van der Waals surface area contributed by atoms with Gasteiger partial charge in [-0.3, -0.25) is 0 Å². The summed E-state index contributed by atoms with van der Waals surface area (Å²) in [6.07, 6.45) is 1.15. The summed E-state index contributed by atoms with van der Waals surface area (Å²) in [7, 11) is 0. The average molecular weight is 216 g/mol. The van der Waals surface area contributed by atoms with E-state index in [1.807, 2.05) is 0 Å². The summed E-state index contributed by atoms with van der Waals surface area (Å²) in [6, 6.07) is 0. The Bertz CT molecular complexity index is 86.5. The molecule has 1 aliphatic heterocycles. The lowest BCUT2D eigenvalue weighted by Crippen LogP contribution is -2.33. The van der Waals surface area contributed by atoms with Gasteiger partial charge in [0.2, 0.25) is 0 Å². The van der Waals surface area contributed by atoms with E-state index in [1.165, 1.54) is 31.1 Å². The van der Waals surface area contributed by atoms with Crippen LogP contribution < -0.4 is 0 Å². The molecule has 1 rings (SSSR count). The van der Waals surface area contributed by atoms with Crippen molar-refractivity contribution in [3.05, 3.63) is 0 Å². The summed E-state index contributed by atoms with van der Waals surface area (Å²) in [5, 5.41) is 0. The number of hydrogen-bond acceptors (Lipinski definition) is 2. The van der Waals surface area contributed by atoms with Crippen molar-refractivity contribution in [3.63, 3.8) is 0 Å². The van der Waals surface area contributed by atoms with Crippen molar-refractivity contribution in [2.75, 3.05) is 37.0 Å². The van der Waals surface area contributed by atoms with Crippen LogP contribution in [0.5, 0.6) is 0 Å². The summed E-state index contributed by atoms with van der Waals surface area (Å²) >= 11 is 7.65. The molecule has 0 saturated carbocycles. The number of rotatable bonds is 3. The predicted octanol–water partition coefficient (Wildman–Crippen LogP) is 2.09. The SMILES string of the molecule is Cl.ClCCCN1CCSCC1. The van der Waals surface area contributed by atoms with Crippen molar-refractivity contribution in [1.82, 2.24) is 4.90 Å². The molecular weight excluding hydrogens is 201 g/mol. The molecule has 0 bridgehead atoms. The zero-order valence-corrected chi connectivity index (χ0v) is 8.98. The molecule has 0 spiro atoms. The van der Waals surface area contributed by atoms with E-state index in [0.29, 0.717) is 0 Å². The maximum absolute atomic E-state index is 5.59. The molecule has 0 aromatic heterocycles. The second-order valence-corrected chi connectivity index (χ2v) is 4.10. The molecule has 1 aliphatic rings. The lowest BCUT2D eigenvalue weighted by molar-refractivity contribution is 0.304. The number of thioether (sulfide) groups is 1. The minimum Gasteiger partial charge on any atom is -0.302 e. The van der Waals surface area contributed by atoms with E-state index in [4.69, 9.17) is 11.6 Å². The Morgan fingerprint density at radius 1 is 1.27 bits per heavy atom. The van der Waals surface area contributed by atoms with Gasteiger partial charge in [-0.25, -0.2) is 0 Å². The molecule has 1 saturated heterocycles. The van der Waals surface area contributed by atoms with Crippen LogP contribution >= 0.6 is 35.8 Å². The third-order valence-corrected chi connectivity index (χ3v) is 2.92. The van der Waals surface area contributed by atoms with Crippen molar-refractivity contribution in [3.8, 4) is 0 Å². The van der Waals surface area contributed by atoms with E-state index < -0.39 is 0 Å². The van der Waals surface area contributed by atoms with Crippen molar-refractivity contribution >= 4 is 35.8 Å². The standard InChI is InChI=1S/C7H14ClNS.ClH/c8-2-1-3-9-4-6-10-7-5-9;/h1-7H2;1H. The van der Waals surface area contributed by atoms with Gasteiger partial charge >= 0.3 is 0 Å². The molecule has 0 aliphatic carbocycles. The highest BCUT2D eigenvalue weighted by Crippen LogP contribution is 2.08. The Labute approximate surface area is 84.3 Å². The van der Waals surface area contributed by atoms with Crippen LogP contribution in [0.1, 0.15) is 6.42 Å². The fourth-order valence-electron chi connectivity index (χ4n) is 1.11. The molecule has 0 N–H and O–H groups in total. The molecule has 0 amide bonds. The Morgan fingerprint density at radius 3 is 2.45 bits per heavy atom. The minimum atomic E-state index is 0. The van der Waals surface area contributed by atoms with Crippen LogP contribution in [0.25, 0.3) is 0 Å². The number of nitrogens with zero attached hydrogens (tertiary/aromatic N) is 1. The molecular formula is C7H15Cl2NS. The summed E-state index contributed by atoms with van der Waals surface area (Å²) in [5.74, 6) is 3.42. The van der Waals surface area contributed by atoms with Gasteiger partial charge < -0.3 is 4.90 Å². The summed E-state index contributed by atoms with van der Waals surface area (Å²) in [4.78, 5) is 2.50. The van der Waals surface area contributed by atoms with Gasteiger partial charge in [0.05, 0.1) is 0 Å². The first kappa shape index (κ1) is 11.9. The lowest BCUT2D eigenvalue weighted by Gasteiger charge is -2.25. The Hall–Kier alpha value is 0.890. The van der Waals surface area contributed by atoms with Crippen LogP contribution in [0.3, 0.4) is 0 Å². The van der Waals surface area contributed by atoms with Gasteiger partial charge in [-0.2, -0.15) is 11.8 Å². The largest absolute Gasteiger partial charge is 0.302 e. The Balaban J connectivity index is 0.000001000. The maximum Gasteiger partial charge on any atom is 0.0235 e. The smallest absolute Gasteiger partial charge is 0.0235 e. The van der Waals surface area contributed by atoms with Gasteiger partial charge in [-0.1, -0.05) is 0 Å². The third kappa shape index (κ3) is 5.18. The van der Waals surface area contributed by atoms with E-state index in [1.54, 1.807) is 0 Å². The van der Waals surface area contributed by atoms with E-state index in [9.17, 15) is 0 Å². The average Bonchev–Trinajstić information content (AvgIpc) is 2.03. The maximum atomic E-state index is 5.59. The second kappa shape index (κ2) is 7.53. The molecule has 0 aromatic carbocycles. The zero-order valence-electron chi connectivity index (χ0n) is 6.59. The normalized spacial score (nSPS) is 19.4. The molecule has 0 aromatic rings. The first-order valence-corrected chi connectivity index (χ1v) is 5.48. The fourth-order valence-corrected chi connectivity index (χ4v) is 2.21. The number of hydrogen-bond donors (Lipinski definition) is 0. The highest BCUT2D eigenvalue weighted by Gasteiger charge is 2.08. The zero-order chi connectivity index (χ0) is 7.23. The summed E-state index contributed by atoms with van der Waals surface area (Å²) < 4.78 is 0. The first-order chi connectivity index (χ1) is 4.93. The predicted molar refractivity (Wildman–Crippen MR) is 56.4 cm³/mol. The van der Waals surface area contributed by atoms with E-state index in [-0.39, 0.29) is 12.4 Å². The topological polar surface area (TPSA) is 3.24 Å². The fraction of sp³-hybridized carbons (Fsp3) is 1.00. The van der Waals surface area contributed by atoms with Gasteiger partial charge in [-0.05, 0) is 13.0 Å². The third-order valence-electron chi connectivity index (χ3n) is 1.71. The molecule has 1 fully saturated rings. The van der Waals surface area contributed by atoms with Gasteiger partial charge in [-0.15, -0.1) is 24.0 Å². The van der Waals surface area contributed by atoms with E-state index in [2.05, 4.69) is 16.7 Å². The van der Waals surface area contributed by atoms with Crippen LogP contribution in [0.2, 0.25) is 0 Å². The van der Waals surface area contributed by atoms with Crippen molar-refractivity contribution < 1.29 is 0 Å². The molecule has 0 atom stereocenters. The Kier molecular flexibility index (Phi) is 8.14. The van der Waals surface area contributed by atoms with Crippen LogP contribution in [-0.4, -0.2) is 41.9 Å². The van der Waals surface area contributed by atoms with Gasteiger partial charge in [0, 0.05) is 30.5 Å². The molecule has 1 heterocycles.